The van der Waals surface area contributed by atoms with E-state index in [4.69, 9.17) is 5.73 Å². The molecule has 1 fully saturated rings. The minimum Gasteiger partial charge on any atom is -0.352 e. The van der Waals surface area contributed by atoms with E-state index in [0.717, 1.165) is 6.42 Å². The van der Waals surface area contributed by atoms with Gasteiger partial charge < -0.3 is 11.1 Å². The zero-order valence-electron chi connectivity index (χ0n) is 9.25. The lowest BCUT2D eigenvalue weighted by Crippen LogP contribution is -2.42. The lowest BCUT2D eigenvalue weighted by Gasteiger charge is -2.17. The van der Waals surface area contributed by atoms with Crippen molar-refractivity contribution >= 4 is 5.91 Å². The molecule has 0 radical (unpaired) electrons. The number of hydrogen-bond donors (Lipinski definition) is 2. The van der Waals surface area contributed by atoms with Gasteiger partial charge in [-0.25, -0.2) is 0 Å². The Labute approximate surface area is 86.4 Å². The van der Waals surface area contributed by atoms with Crippen molar-refractivity contribution in [3.05, 3.63) is 0 Å². The standard InChI is InChI=1S/C11H22N2O/c1-3-8(2)6-11(14)13-10(7-12)9-4-5-9/h8-10H,3-7,12H2,1-2H3,(H,13,14). The average Bonchev–Trinajstić information content (AvgIpc) is 2.97. The number of hydrogen-bond acceptors (Lipinski definition) is 2. The molecule has 1 amide bonds. The third kappa shape index (κ3) is 3.66. The van der Waals surface area contributed by atoms with E-state index in [9.17, 15) is 4.79 Å². The van der Waals surface area contributed by atoms with Crippen LogP contribution in [0.5, 0.6) is 0 Å². The predicted octanol–water partition coefficient (Wildman–Crippen LogP) is 1.28. The topological polar surface area (TPSA) is 55.1 Å². The molecule has 0 bridgehead atoms. The number of amides is 1. The summed E-state index contributed by atoms with van der Waals surface area (Å²) in [7, 11) is 0. The second-order valence-electron chi connectivity index (χ2n) is 4.46. The number of nitrogens with two attached hydrogens (primary N) is 1. The van der Waals surface area contributed by atoms with Crippen LogP contribution in [0.25, 0.3) is 0 Å². The third-order valence-electron chi connectivity index (χ3n) is 3.02. The first kappa shape index (κ1) is 11.5. The summed E-state index contributed by atoms with van der Waals surface area (Å²) in [6, 6.07) is 0.228. The highest BCUT2D eigenvalue weighted by Crippen LogP contribution is 2.32. The van der Waals surface area contributed by atoms with Crippen LogP contribution < -0.4 is 11.1 Å². The van der Waals surface area contributed by atoms with E-state index in [1.165, 1.54) is 12.8 Å². The number of carbonyl (C=O) groups is 1. The molecule has 1 saturated carbocycles. The summed E-state index contributed by atoms with van der Waals surface area (Å²) < 4.78 is 0. The Balaban J connectivity index is 2.23. The van der Waals surface area contributed by atoms with Crippen LogP contribution in [-0.2, 0) is 4.79 Å². The van der Waals surface area contributed by atoms with Crippen LogP contribution in [0.3, 0.4) is 0 Å². The molecule has 82 valence electrons. The number of nitrogens with one attached hydrogen (secondary N) is 1. The number of rotatable bonds is 6. The first-order valence-corrected chi connectivity index (χ1v) is 5.66. The third-order valence-corrected chi connectivity index (χ3v) is 3.02. The molecule has 0 aromatic carbocycles. The van der Waals surface area contributed by atoms with E-state index in [0.29, 0.717) is 24.8 Å². The van der Waals surface area contributed by atoms with E-state index >= 15 is 0 Å². The molecule has 0 aromatic rings. The smallest absolute Gasteiger partial charge is 0.220 e. The molecule has 3 nitrogen and oxygen atoms in total. The molecular weight excluding hydrogens is 176 g/mol. The molecule has 0 heterocycles. The average molecular weight is 198 g/mol. The molecule has 3 N–H and O–H groups in total. The Morgan fingerprint density at radius 1 is 1.57 bits per heavy atom. The highest BCUT2D eigenvalue weighted by Gasteiger charge is 2.31. The normalized spacial score (nSPS) is 20.2. The molecular formula is C11H22N2O. The highest BCUT2D eigenvalue weighted by molar-refractivity contribution is 5.76. The van der Waals surface area contributed by atoms with Gasteiger partial charge in [-0.3, -0.25) is 4.79 Å². The summed E-state index contributed by atoms with van der Waals surface area (Å²) in [5.74, 6) is 1.30. The molecule has 0 aromatic heterocycles. The largest absolute Gasteiger partial charge is 0.352 e. The second-order valence-corrected chi connectivity index (χ2v) is 4.46. The van der Waals surface area contributed by atoms with Crippen LogP contribution in [0, 0.1) is 11.8 Å². The monoisotopic (exact) mass is 198 g/mol. The molecule has 0 spiro atoms. The summed E-state index contributed by atoms with van der Waals surface area (Å²) in [5.41, 5.74) is 5.61. The molecule has 0 aliphatic heterocycles. The molecule has 1 aliphatic carbocycles. The Hall–Kier alpha value is -0.570. The Bertz CT molecular complexity index is 190. The van der Waals surface area contributed by atoms with Gasteiger partial charge in [0.1, 0.15) is 0 Å². The van der Waals surface area contributed by atoms with E-state index in [1.807, 2.05) is 0 Å². The van der Waals surface area contributed by atoms with Crippen LogP contribution >= 0.6 is 0 Å². The van der Waals surface area contributed by atoms with Gasteiger partial charge in [0.25, 0.3) is 0 Å². The van der Waals surface area contributed by atoms with Crippen LogP contribution in [0.2, 0.25) is 0 Å². The molecule has 1 rings (SSSR count). The SMILES string of the molecule is CCC(C)CC(=O)NC(CN)C1CC1. The first-order valence-electron chi connectivity index (χ1n) is 5.66. The molecule has 0 saturated heterocycles. The summed E-state index contributed by atoms with van der Waals surface area (Å²) in [4.78, 5) is 11.5. The van der Waals surface area contributed by atoms with E-state index in [1.54, 1.807) is 0 Å². The predicted molar refractivity (Wildman–Crippen MR) is 57.8 cm³/mol. The molecule has 1 aliphatic rings. The van der Waals surface area contributed by atoms with Crippen LogP contribution in [0.1, 0.15) is 39.5 Å². The van der Waals surface area contributed by atoms with E-state index in [-0.39, 0.29) is 11.9 Å². The maximum absolute atomic E-state index is 11.5. The van der Waals surface area contributed by atoms with Crippen molar-refractivity contribution < 1.29 is 4.79 Å². The van der Waals surface area contributed by atoms with Gasteiger partial charge in [-0.1, -0.05) is 20.3 Å². The van der Waals surface area contributed by atoms with Gasteiger partial charge in [0, 0.05) is 19.0 Å². The minimum absolute atomic E-state index is 0.168. The quantitative estimate of drug-likeness (QED) is 0.675. The fourth-order valence-electron chi connectivity index (χ4n) is 1.59. The van der Waals surface area contributed by atoms with Crippen molar-refractivity contribution in [1.29, 1.82) is 0 Å². The maximum Gasteiger partial charge on any atom is 0.220 e. The first-order chi connectivity index (χ1) is 6.67. The summed E-state index contributed by atoms with van der Waals surface area (Å²) in [6.45, 7) is 4.80. The van der Waals surface area contributed by atoms with Crippen molar-refractivity contribution in [2.24, 2.45) is 17.6 Å². The molecule has 2 atom stereocenters. The van der Waals surface area contributed by atoms with Crippen molar-refractivity contribution in [2.75, 3.05) is 6.54 Å². The van der Waals surface area contributed by atoms with Crippen molar-refractivity contribution in [3.63, 3.8) is 0 Å². The Morgan fingerprint density at radius 2 is 2.21 bits per heavy atom. The Kier molecular flexibility index (Phi) is 4.39. The summed E-state index contributed by atoms with van der Waals surface area (Å²) in [5, 5.41) is 3.03. The van der Waals surface area contributed by atoms with Crippen molar-refractivity contribution in [1.82, 2.24) is 5.32 Å². The molecule has 3 heteroatoms. The van der Waals surface area contributed by atoms with Gasteiger partial charge in [-0.2, -0.15) is 0 Å². The molecule has 14 heavy (non-hydrogen) atoms. The van der Waals surface area contributed by atoms with E-state index < -0.39 is 0 Å². The van der Waals surface area contributed by atoms with Gasteiger partial charge in [-0.15, -0.1) is 0 Å². The van der Waals surface area contributed by atoms with Crippen LogP contribution in [0.15, 0.2) is 0 Å². The van der Waals surface area contributed by atoms with Gasteiger partial charge in [0.2, 0.25) is 5.91 Å². The fourth-order valence-corrected chi connectivity index (χ4v) is 1.59. The van der Waals surface area contributed by atoms with Gasteiger partial charge in [-0.05, 0) is 24.7 Å². The van der Waals surface area contributed by atoms with Gasteiger partial charge in [0.15, 0.2) is 0 Å². The summed E-state index contributed by atoms with van der Waals surface area (Å²) >= 11 is 0. The lowest BCUT2D eigenvalue weighted by atomic mass is 10.0. The van der Waals surface area contributed by atoms with Crippen LogP contribution in [-0.4, -0.2) is 18.5 Å². The second kappa shape index (κ2) is 5.35. The van der Waals surface area contributed by atoms with E-state index in [2.05, 4.69) is 19.2 Å². The van der Waals surface area contributed by atoms with Gasteiger partial charge in [0.05, 0.1) is 0 Å². The van der Waals surface area contributed by atoms with Crippen LogP contribution in [0.4, 0.5) is 0 Å². The molecule has 2 unspecified atom stereocenters. The maximum atomic E-state index is 11.5. The Morgan fingerprint density at radius 3 is 2.64 bits per heavy atom. The highest BCUT2D eigenvalue weighted by atomic mass is 16.1. The number of carbonyl (C=O) groups excluding carboxylic acids is 1. The zero-order valence-corrected chi connectivity index (χ0v) is 9.25. The van der Waals surface area contributed by atoms with Gasteiger partial charge >= 0.3 is 0 Å². The fraction of sp³-hybridized carbons (Fsp3) is 0.909. The zero-order chi connectivity index (χ0) is 10.6. The van der Waals surface area contributed by atoms with Crippen molar-refractivity contribution in [3.8, 4) is 0 Å². The van der Waals surface area contributed by atoms with Crippen molar-refractivity contribution in [2.45, 2.75) is 45.6 Å². The minimum atomic E-state index is 0.168. The lowest BCUT2D eigenvalue weighted by molar-refractivity contribution is -0.122. The summed E-state index contributed by atoms with van der Waals surface area (Å²) in [6.07, 6.45) is 4.15.